The Morgan fingerprint density at radius 1 is 1.06 bits per heavy atom. The Kier molecular flexibility index (Phi) is 7.91. The summed E-state index contributed by atoms with van der Waals surface area (Å²) in [6.07, 6.45) is -1.38. The van der Waals surface area contributed by atoms with Gasteiger partial charge in [-0.1, -0.05) is 42.5 Å². The molecule has 2 rings (SSSR count). The van der Waals surface area contributed by atoms with Gasteiger partial charge in [-0.15, -0.1) is 0 Å². The van der Waals surface area contributed by atoms with E-state index >= 15 is 4.39 Å². The summed E-state index contributed by atoms with van der Waals surface area (Å²) in [5, 5.41) is 11.7. The molecule has 0 bridgehead atoms. The molecule has 0 aliphatic carbocycles. The molecule has 2 aromatic carbocycles. The number of carboxylic acids is 1. The van der Waals surface area contributed by atoms with Crippen LogP contribution in [0.25, 0.3) is 0 Å². The molecule has 1 unspecified atom stereocenters. The maximum absolute atomic E-state index is 15.3. The molecule has 9 heteroatoms. The van der Waals surface area contributed by atoms with Crippen molar-refractivity contribution in [3.63, 3.8) is 0 Å². The molecule has 7 nitrogen and oxygen atoms in total. The monoisotopic (exact) mass is 450 g/mol. The minimum absolute atomic E-state index is 0.0107. The number of nitrogens with one attached hydrogen (secondary N) is 2. The van der Waals surface area contributed by atoms with Crippen molar-refractivity contribution in [3.8, 4) is 0 Å². The number of aliphatic carboxylic acids is 1. The van der Waals surface area contributed by atoms with Gasteiger partial charge in [0.05, 0.1) is 33.4 Å². The average Bonchev–Trinajstić information content (AvgIpc) is 2.67. The standard InChI is InChI=1S/C22H27FN2O5S/c1-21(2,3)31(29)25-22(4,13-18(26)27)16-11-8-12-17(19(16)23)24-20(28)30-14-15-9-6-5-7-10-15/h5-12,25H,13-14H2,1-4H3,(H,24,28)(H,26,27)/t22-,31?/m0/s1. The smallest absolute Gasteiger partial charge is 0.412 e. The van der Waals surface area contributed by atoms with Crippen molar-refractivity contribution >= 4 is 28.7 Å². The van der Waals surface area contributed by atoms with Gasteiger partial charge in [0, 0.05) is 5.56 Å². The minimum Gasteiger partial charge on any atom is -0.481 e. The van der Waals surface area contributed by atoms with E-state index < -0.39 is 45.6 Å². The van der Waals surface area contributed by atoms with E-state index in [1.165, 1.54) is 25.1 Å². The van der Waals surface area contributed by atoms with Crippen LogP contribution >= 0.6 is 0 Å². The molecule has 0 fully saturated rings. The summed E-state index contributed by atoms with van der Waals surface area (Å²) in [7, 11) is -1.67. The third-order valence-electron chi connectivity index (χ3n) is 4.42. The fourth-order valence-corrected chi connectivity index (χ4v) is 3.67. The van der Waals surface area contributed by atoms with Gasteiger partial charge in [-0.05, 0) is 39.3 Å². The van der Waals surface area contributed by atoms with E-state index in [1.54, 1.807) is 45.0 Å². The van der Waals surface area contributed by atoms with Crippen LogP contribution in [0.2, 0.25) is 0 Å². The van der Waals surface area contributed by atoms with E-state index in [0.717, 1.165) is 5.56 Å². The first kappa shape index (κ1) is 24.5. The van der Waals surface area contributed by atoms with Gasteiger partial charge in [0.2, 0.25) is 0 Å². The summed E-state index contributed by atoms with van der Waals surface area (Å²) in [4.78, 5) is 23.6. The quantitative estimate of drug-likeness (QED) is 0.556. The van der Waals surface area contributed by atoms with Gasteiger partial charge < -0.3 is 9.84 Å². The Bertz CT molecular complexity index is 962. The Labute approximate surface area is 183 Å². The predicted molar refractivity (Wildman–Crippen MR) is 117 cm³/mol. The molecule has 0 saturated carbocycles. The zero-order valence-electron chi connectivity index (χ0n) is 17.9. The average molecular weight is 451 g/mol. The van der Waals surface area contributed by atoms with Crippen LogP contribution in [0.5, 0.6) is 0 Å². The van der Waals surface area contributed by atoms with Crippen LogP contribution < -0.4 is 10.0 Å². The van der Waals surface area contributed by atoms with E-state index in [2.05, 4.69) is 10.0 Å². The van der Waals surface area contributed by atoms with Crippen molar-refractivity contribution < 1.29 is 28.0 Å². The number of amides is 1. The number of hydrogen-bond donors (Lipinski definition) is 3. The van der Waals surface area contributed by atoms with E-state index in [9.17, 15) is 18.9 Å². The SMILES string of the molecule is CC(C)(C)S(=O)N[C@@](C)(CC(=O)O)c1cccc(NC(=O)OCc2ccccc2)c1F. The second kappa shape index (κ2) is 10.0. The first-order valence-electron chi connectivity index (χ1n) is 9.60. The van der Waals surface area contributed by atoms with Crippen molar-refractivity contribution in [2.45, 2.75) is 51.0 Å². The van der Waals surface area contributed by atoms with Crippen LogP contribution in [0.3, 0.4) is 0 Å². The fourth-order valence-electron chi connectivity index (χ4n) is 2.77. The van der Waals surface area contributed by atoms with Crippen LogP contribution in [-0.2, 0) is 32.7 Å². The molecule has 0 aliphatic heterocycles. The Morgan fingerprint density at radius 3 is 2.29 bits per heavy atom. The van der Waals surface area contributed by atoms with Crippen molar-refractivity contribution in [1.29, 1.82) is 0 Å². The number of ether oxygens (including phenoxy) is 1. The van der Waals surface area contributed by atoms with Gasteiger partial charge in [-0.2, -0.15) is 0 Å². The van der Waals surface area contributed by atoms with Gasteiger partial charge in [0.1, 0.15) is 6.61 Å². The number of anilines is 1. The molecular weight excluding hydrogens is 423 g/mol. The number of carboxylic acid groups (broad SMARTS) is 1. The third kappa shape index (κ3) is 6.86. The number of hydrogen-bond acceptors (Lipinski definition) is 4. The maximum atomic E-state index is 15.3. The molecule has 31 heavy (non-hydrogen) atoms. The lowest BCUT2D eigenvalue weighted by Gasteiger charge is -2.33. The lowest BCUT2D eigenvalue weighted by Crippen LogP contribution is -2.47. The molecule has 1 amide bonds. The normalized spacial score (nSPS) is 14.4. The molecule has 0 heterocycles. The third-order valence-corrected chi connectivity index (χ3v) is 6.17. The van der Waals surface area contributed by atoms with Crippen molar-refractivity contribution in [1.82, 2.24) is 4.72 Å². The summed E-state index contributed by atoms with van der Waals surface area (Å²) in [6.45, 7) is 6.62. The highest BCUT2D eigenvalue weighted by molar-refractivity contribution is 7.84. The summed E-state index contributed by atoms with van der Waals surface area (Å²) in [6, 6.07) is 13.2. The molecule has 168 valence electrons. The first-order chi connectivity index (χ1) is 14.4. The lowest BCUT2D eigenvalue weighted by atomic mass is 9.89. The van der Waals surface area contributed by atoms with Gasteiger partial charge in [-0.3, -0.25) is 10.1 Å². The molecule has 0 aromatic heterocycles. The number of benzene rings is 2. The van der Waals surface area contributed by atoms with E-state index in [0.29, 0.717) is 0 Å². The van der Waals surface area contributed by atoms with E-state index in [4.69, 9.17) is 4.74 Å². The Balaban J connectivity index is 2.25. The van der Waals surface area contributed by atoms with E-state index in [1.807, 2.05) is 6.07 Å². The van der Waals surface area contributed by atoms with Crippen molar-refractivity contribution in [3.05, 3.63) is 65.5 Å². The van der Waals surface area contributed by atoms with Crippen molar-refractivity contribution in [2.24, 2.45) is 0 Å². The van der Waals surface area contributed by atoms with E-state index in [-0.39, 0.29) is 17.9 Å². The highest BCUT2D eigenvalue weighted by atomic mass is 32.2. The van der Waals surface area contributed by atoms with Gasteiger partial charge >= 0.3 is 12.1 Å². The Morgan fingerprint density at radius 2 is 1.71 bits per heavy atom. The lowest BCUT2D eigenvalue weighted by molar-refractivity contribution is -0.138. The van der Waals surface area contributed by atoms with Crippen LogP contribution in [0.1, 0.15) is 45.2 Å². The highest BCUT2D eigenvalue weighted by Crippen LogP contribution is 2.32. The minimum atomic E-state index is -1.67. The second-order valence-electron chi connectivity index (χ2n) is 8.24. The largest absolute Gasteiger partial charge is 0.481 e. The summed E-state index contributed by atoms with van der Waals surface area (Å²) in [5.41, 5.74) is -0.918. The maximum Gasteiger partial charge on any atom is 0.412 e. The predicted octanol–water partition coefficient (Wildman–Crippen LogP) is 4.32. The summed E-state index contributed by atoms with van der Waals surface area (Å²) >= 11 is 0. The van der Waals surface area contributed by atoms with Crippen LogP contribution in [0.4, 0.5) is 14.9 Å². The highest BCUT2D eigenvalue weighted by Gasteiger charge is 2.37. The van der Waals surface area contributed by atoms with Gasteiger partial charge in [0.25, 0.3) is 0 Å². The summed E-state index contributed by atoms with van der Waals surface area (Å²) in [5.74, 6) is -2.03. The fraction of sp³-hybridized carbons (Fsp3) is 0.364. The van der Waals surface area contributed by atoms with Crippen molar-refractivity contribution in [2.75, 3.05) is 5.32 Å². The van der Waals surface area contributed by atoms with Crippen LogP contribution in [-0.4, -0.2) is 26.1 Å². The Hall–Kier alpha value is -2.78. The zero-order chi connectivity index (χ0) is 23.2. The number of halogens is 1. The second-order valence-corrected chi connectivity index (χ2v) is 10.2. The van der Waals surface area contributed by atoms with Crippen LogP contribution in [0.15, 0.2) is 48.5 Å². The molecule has 0 saturated heterocycles. The van der Waals surface area contributed by atoms with Gasteiger partial charge in [-0.25, -0.2) is 18.1 Å². The topological polar surface area (TPSA) is 105 Å². The molecule has 2 aromatic rings. The molecule has 0 radical (unpaired) electrons. The molecule has 3 N–H and O–H groups in total. The van der Waals surface area contributed by atoms with Crippen LogP contribution in [0, 0.1) is 5.82 Å². The summed E-state index contributed by atoms with van der Waals surface area (Å²) < 4.78 is 35.1. The molecule has 0 aliphatic rings. The van der Waals surface area contributed by atoms with Gasteiger partial charge in [0.15, 0.2) is 5.82 Å². The zero-order valence-corrected chi connectivity index (χ0v) is 18.7. The number of carbonyl (C=O) groups is 2. The molecular formula is C22H27FN2O5S. The first-order valence-corrected chi connectivity index (χ1v) is 10.8. The number of carbonyl (C=O) groups excluding carboxylic acids is 1. The molecule has 2 atom stereocenters. The number of rotatable bonds is 8. The molecule has 0 spiro atoms.